The average Bonchev–Trinajstić information content (AvgIpc) is 2.50. The predicted molar refractivity (Wildman–Crippen MR) is 86.0 cm³/mol. The maximum atomic E-state index is 11.1. The van der Waals surface area contributed by atoms with Gasteiger partial charge in [0.05, 0.1) is 4.92 Å². The van der Waals surface area contributed by atoms with E-state index in [0.717, 1.165) is 25.7 Å². The summed E-state index contributed by atoms with van der Waals surface area (Å²) in [6.45, 7) is 7.39. The molecule has 7 heteroatoms. The van der Waals surface area contributed by atoms with Crippen molar-refractivity contribution < 1.29 is 14.8 Å². The molecule has 0 amide bonds. The molecule has 1 aromatic carbocycles. The number of hydrogen-bond acceptors (Lipinski definition) is 5. The van der Waals surface area contributed by atoms with E-state index in [9.17, 15) is 14.9 Å². The van der Waals surface area contributed by atoms with E-state index < -0.39 is 10.9 Å². The Labute approximate surface area is 129 Å². The van der Waals surface area contributed by atoms with Crippen LogP contribution in [0.25, 0.3) is 6.08 Å². The van der Waals surface area contributed by atoms with Crippen molar-refractivity contribution in [2.24, 2.45) is 0 Å². The smallest absolute Gasteiger partial charge is 0.328 e. The molecule has 0 radical (unpaired) electrons. The highest BCUT2D eigenvalue weighted by molar-refractivity contribution is 5.85. The molecule has 0 aliphatic rings. The van der Waals surface area contributed by atoms with E-state index in [-0.39, 0.29) is 5.69 Å². The van der Waals surface area contributed by atoms with E-state index in [1.165, 1.54) is 12.1 Å². The molecular weight excluding hydrogens is 286 g/mol. The molecule has 0 spiro atoms. The maximum Gasteiger partial charge on any atom is 0.328 e. The first kappa shape index (κ1) is 17.6. The van der Waals surface area contributed by atoms with Crippen LogP contribution in [-0.4, -0.2) is 47.1 Å². The van der Waals surface area contributed by atoms with Gasteiger partial charge in [0.2, 0.25) is 0 Å². The van der Waals surface area contributed by atoms with Crippen LogP contribution in [0.2, 0.25) is 0 Å². The first-order chi connectivity index (χ1) is 10.5. The number of carboxylic acids is 1. The number of aliphatic carboxylic acids is 1. The average molecular weight is 307 g/mol. The van der Waals surface area contributed by atoms with Crippen LogP contribution in [0.4, 0.5) is 11.4 Å². The van der Waals surface area contributed by atoms with Crippen LogP contribution in [-0.2, 0) is 4.79 Å². The number of carbonyl (C=O) groups is 1. The normalized spacial score (nSPS) is 11.0. The van der Waals surface area contributed by atoms with Gasteiger partial charge in [-0.05, 0) is 30.8 Å². The molecule has 2 N–H and O–H groups in total. The summed E-state index contributed by atoms with van der Waals surface area (Å²) in [7, 11) is 0. The zero-order valence-corrected chi connectivity index (χ0v) is 12.8. The van der Waals surface area contributed by atoms with E-state index in [0.29, 0.717) is 17.8 Å². The van der Waals surface area contributed by atoms with Gasteiger partial charge in [0.15, 0.2) is 0 Å². The number of benzene rings is 1. The van der Waals surface area contributed by atoms with Crippen LogP contribution >= 0.6 is 0 Å². The monoisotopic (exact) mass is 307 g/mol. The molecule has 0 heterocycles. The van der Waals surface area contributed by atoms with Crippen molar-refractivity contribution in [3.63, 3.8) is 0 Å². The Morgan fingerprint density at radius 2 is 2.09 bits per heavy atom. The number of nitrogens with one attached hydrogen (secondary N) is 1. The van der Waals surface area contributed by atoms with Crippen molar-refractivity contribution in [2.75, 3.05) is 31.5 Å². The molecule has 0 aliphatic carbocycles. The van der Waals surface area contributed by atoms with Gasteiger partial charge in [-0.1, -0.05) is 19.9 Å². The molecule has 1 rings (SSSR count). The van der Waals surface area contributed by atoms with Crippen LogP contribution in [0.15, 0.2) is 24.3 Å². The Kier molecular flexibility index (Phi) is 7.04. The molecule has 0 fully saturated rings. The minimum absolute atomic E-state index is 0.0629. The van der Waals surface area contributed by atoms with Gasteiger partial charge in [-0.15, -0.1) is 0 Å². The molecule has 0 bridgehead atoms. The van der Waals surface area contributed by atoms with Crippen LogP contribution in [0.5, 0.6) is 0 Å². The van der Waals surface area contributed by atoms with Crippen LogP contribution < -0.4 is 5.32 Å². The van der Waals surface area contributed by atoms with Gasteiger partial charge >= 0.3 is 5.97 Å². The lowest BCUT2D eigenvalue weighted by molar-refractivity contribution is -0.384. The molecule has 0 unspecified atom stereocenters. The third kappa shape index (κ3) is 5.53. The molecule has 0 atom stereocenters. The largest absolute Gasteiger partial charge is 0.478 e. The fourth-order valence-electron chi connectivity index (χ4n) is 2.01. The Bertz CT molecular complexity index is 554. The van der Waals surface area contributed by atoms with Gasteiger partial charge in [0.1, 0.15) is 5.69 Å². The molecule has 0 aromatic heterocycles. The highest BCUT2D eigenvalue weighted by Gasteiger charge is 2.14. The predicted octanol–water partition coefficient (Wildman–Crippen LogP) is 2.45. The number of nitrogens with zero attached hydrogens (tertiary/aromatic N) is 2. The van der Waals surface area contributed by atoms with Crippen molar-refractivity contribution in [1.82, 2.24) is 4.90 Å². The summed E-state index contributed by atoms with van der Waals surface area (Å²) in [5.74, 6) is -1.09. The lowest BCUT2D eigenvalue weighted by Gasteiger charge is -2.18. The van der Waals surface area contributed by atoms with Gasteiger partial charge in [-0.25, -0.2) is 4.79 Å². The van der Waals surface area contributed by atoms with Crippen molar-refractivity contribution in [3.05, 3.63) is 40.0 Å². The summed E-state index contributed by atoms with van der Waals surface area (Å²) >= 11 is 0. The minimum Gasteiger partial charge on any atom is -0.478 e. The second-order valence-electron chi connectivity index (χ2n) is 4.66. The third-order valence-corrected chi connectivity index (χ3v) is 3.27. The van der Waals surface area contributed by atoms with Crippen LogP contribution in [0.3, 0.4) is 0 Å². The molecule has 1 aromatic rings. The van der Waals surface area contributed by atoms with Gasteiger partial charge in [0.25, 0.3) is 5.69 Å². The second kappa shape index (κ2) is 8.78. The molecular formula is C15H21N3O4. The summed E-state index contributed by atoms with van der Waals surface area (Å²) in [5, 5.41) is 22.8. The summed E-state index contributed by atoms with van der Waals surface area (Å²) in [6.07, 6.45) is 2.28. The highest BCUT2D eigenvalue weighted by Crippen LogP contribution is 2.26. The number of anilines is 1. The first-order valence-electron chi connectivity index (χ1n) is 7.13. The summed E-state index contributed by atoms with van der Waals surface area (Å²) in [6, 6.07) is 4.60. The van der Waals surface area contributed by atoms with Gasteiger partial charge < -0.3 is 15.3 Å². The lowest BCUT2D eigenvalue weighted by Crippen LogP contribution is -2.28. The van der Waals surface area contributed by atoms with Crippen molar-refractivity contribution >= 4 is 23.4 Å². The Morgan fingerprint density at radius 3 is 2.64 bits per heavy atom. The van der Waals surface area contributed by atoms with E-state index >= 15 is 0 Å². The quantitative estimate of drug-likeness (QED) is 0.413. The van der Waals surface area contributed by atoms with Crippen LogP contribution in [0.1, 0.15) is 19.4 Å². The van der Waals surface area contributed by atoms with Gasteiger partial charge in [-0.3, -0.25) is 10.1 Å². The fraction of sp³-hybridized carbons (Fsp3) is 0.400. The minimum atomic E-state index is -1.09. The summed E-state index contributed by atoms with van der Waals surface area (Å²) in [5.41, 5.74) is 0.847. The first-order valence-corrected chi connectivity index (χ1v) is 7.13. The number of hydrogen-bond donors (Lipinski definition) is 2. The van der Waals surface area contributed by atoms with Gasteiger partial charge in [0, 0.05) is 25.2 Å². The number of carboxylic acid groups (broad SMARTS) is 1. The SMILES string of the molecule is CCN(CC)CCNc1ccc(/C=C/C(=O)O)cc1[N+](=O)[O-]. The third-order valence-electron chi connectivity index (χ3n) is 3.27. The maximum absolute atomic E-state index is 11.1. The topological polar surface area (TPSA) is 95.7 Å². The van der Waals surface area contributed by atoms with Crippen molar-refractivity contribution in [2.45, 2.75) is 13.8 Å². The second-order valence-corrected chi connectivity index (χ2v) is 4.66. The van der Waals surface area contributed by atoms with Gasteiger partial charge in [-0.2, -0.15) is 0 Å². The highest BCUT2D eigenvalue weighted by atomic mass is 16.6. The molecule has 7 nitrogen and oxygen atoms in total. The van der Waals surface area contributed by atoms with E-state index in [2.05, 4.69) is 24.1 Å². The summed E-state index contributed by atoms with van der Waals surface area (Å²) < 4.78 is 0. The lowest BCUT2D eigenvalue weighted by atomic mass is 10.1. The number of nitro benzene ring substituents is 1. The van der Waals surface area contributed by atoms with E-state index in [1.54, 1.807) is 12.1 Å². The Hall–Kier alpha value is -2.41. The summed E-state index contributed by atoms with van der Waals surface area (Å²) in [4.78, 5) is 23.4. The van der Waals surface area contributed by atoms with Crippen molar-refractivity contribution in [3.8, 4) is 0 Å². The molecule has 0 saturated carbocycles. The molecule has 0 saturated heterocycles. The number of likely N-dealkylation sites (N-methyl/N-ethyl adjacent to an activating group) is 1. The number of nitro groups is 1. The van der Waals surface area contributed by atoms with Crippen LogP contribution in [0, 0.1) is 10.1 Å². The fourth-order valence-corrected chi connectivity index (χ4v) is 2.01. The molecule has 22 heavy (non-hydrogen) atoms. The molecule has 120 valence electrons. The standard InChI is InChI=1S/C15H21N3O4/c1-3-17(4-2)10-9-16-13-7-5-12(6-8-15(19)20)11-14(13)18(21)22/h5-8,11,16H,3-4,9-10H2,1-2H3,(H,19,20)/b8-6+. The molecule has 0 aliphatic heterocycles. The number of rotatable bonds is 9. The van der Waals surface area contributed by atoms with E-state index in [1.807, 2.05) is 0 Å². The Morgan fingerprint density at radius 1 is 1.41 bits per heavy atom. The zero-order valence-electron chi connectivity index (χ0n) is 12.8. The van der Waals surface area contributed by atoms with E-state index in [4.69, 9.17) is 5.11 Å². The van der Waals surface area contributed by atoms with Crippen molar-refractivity contribution in [1.29, 1.82) is 0 Å². The Balaban J connectivity index is 2.82. The zero-order chi connectivity index (χ0) is 16.5.